The molecule has 4 rings (SSSR count). The Morgan fingerprint density at radius 1 is 1.14 bits per heavy atom. The smallest absolute Gasteiger partial charge is 0.316 e. The predicted molar refractivity (Wildman–Crippen MR) is 109 cm³/mol. The van der Waals surface area contributed by atoms with Crippen LogP contribution in [0.25, 0.3) is 0 Å². The van der Waals surface area contributed by atoms with Crippen molar-refractivity contribution >= 4 is 34.7 Å². The van der Waals surface area contributed by atoms with Gasteiger partial charge >= 0.3 is 5.97 Å². The minimum Gasteiger partial charge on any atom is -0.468 e. The molecule has 0 saturated carbocycles. The van der Waals surface area contributed by atoms with Gasteiger partial charge in [-0.1, -0.05) is 42.8 Å². The summed E-state index contributed by atoms with van der Waals surface area (Å²) in [6.45, 7) is 1.91. The zero-order valence-electron chi connectivity index (χ0n) is 15.7. The van der Waals surface area contributed by atoms with Crippen molar-refractivity contribution < 1.29 is 14.3 Å². The van der Waals surface area contributed by atoms with Crippen molar-refractivity contribution in [1.82, 2.24) is 0 Å². The van der Waals surface area contributed by atoms with Gasteiger partial charge < -0.3 is 15.4 Å². The molecule has 1 heterocycles. The highest BCUT2D eigenvalue weighted by Gasteiger charge is 2.44. The van der Waals surface area contributed by atoms with Crippen LogP contribution < -0.4 is 10.6 Å². The van der Waals surface area contributed by atoms with E-state index in [2.05, 4.69) is 10.6 Å². The number of para-hydroxylation sites is 2. The van der Waals surface area contributed by atoms with E-state index in [-0.39, 0.29) is 11.7 Å². The number of rotatable bonds is 2. The molecular formula is C22H21ClN2O3. The molecule has 0 radical (unpaired) electrons. The molecule has 2 N–H and O–H groups in total. The topological polar surface area (TPSA) is 67.4 Å². The standard InChI is InChI=1S/C22H21ClN2O3/c1-12-10-17-19(21(26)18(12)22(27)28-2)20(13-6-5-7-14(23)11-13)25-16-9-4-3-8-15(16)24-17/h3-9,11-12,18,20,24-25H,10H2,1-2H3/t12-,18+,20-/m0/s1. The van der Waals surface area contributed by atoms with E-state index in [9.17, 15) is 9.59 Å². The van der Waals surface area contributed by atoms with Gasteiger partial charge in [0.2, 0.25) is 0 Å². The Morgan fingerprint density at radius 2 is 1.89 bits per heavy atom. The van der Waals surface area contributed by atoms with Gasteiger partial charge in [-0.2, -0.15) is 0 Å². The van der Waals surface area contributed by atoms with Crippen LogP contribution in [-0.2, 0) is 14.3 Å². The molecule has 2 aromatic rings. The number of esters is 1. The van der Waals surface area contributed by atoms with E-state index >= 15 is 0 Å². The molecule has 0 bridgehead atoms. The Balaban J connectivity index is 1.88. The first-order valence-electron chi connectivity index (χ1n) is 9.22. The molecule has 6 heteroatoms. The summed E-state index contributed by atoms with van der Waals surface area (Å²) in [6, 6.07) is 14.8. The Hall–Kier alpha value is -2.79. The first-order chi connectivity index (χ1) is 13.5. The van der Waals surface area contributed by atoms with Gasteiger partial charge in [0.1, 0.15) is 5.92 Å². The fourth-order valence-electron chi connectivity index (χ4n) is 4.07. The van der Waals surface area contributed by atoms with Crippen LogP contribution in [0.5, 0.6) is 0 Å². The van der Waals surface area contributed by atoms with Gasteiger partial charge in [0.05, 0.1) is 24.5 Å². The third-order valence-electron chi connectivity index (χ3n) is 5.41. The molecule has 3 atom stereocenters. The second kappa shape index (κ2) is 7.32. The lowest BCUT2D eigenvalue weighted by molar-refractivity contribution is -0.151. The summed E-state index contributed by atoms with van der Waals surface area (Å²) in [5.74, 6) is -1.67. The second-order valence-corrected chi connectivity index (χ2v) is 7.68. The van der Waals surface area contributed by atoms with Crippen LogP contribution in [0, 0.1) is 11.8 Å². The fraction of sp³-hybridized carbons (Fsp3) is 0.273. The molecule has 5 nitrogen and oxygen atoms in total. The van der Waals surface area contributed by atoms with Crippen LogP contribution in [0.4, 0.5) is 11.4 Å². The molecule has 1 aliphatic carbocycles. The molecule has 0 fully saturated rings. The fourth-order valence-corrected chi connectivity index (χ4v) is 4.27. The number of ether oxygens (including phenoxy) is 1. The lowest BCUT2D eigenvalue weighted by Gasteiger charge is -2.32. The number of allylic oxidation sites excluding steroid dienone is 1. The normalized spacial score (nSPS) is 23.7. The molecule has 2 aliphatic rings. The van der Waals surface area contributed by atoms with Gasteiger partial charge in [0.25, 0.3) is 0 Å². The van der Waals surface area contributed by atoms with Crippen molar-refractivity contribution in [2.45, 2.75) is 19.4 Å². The second-order valence-electron chi connectivity index (χ2n) is 7.24. The van der Waals surface area contributed by atoms with Crippen LogP contribution >= 0.6 is 11.6 Å². The van der Waals surface area contributed by atoms with Crippen LogP contribution in [0.1, 0.15) is 24.9 Å². The molecule has 144 valence electrons. The van der Waals surface area contributed by atoms with Gasteiger partial charge in [0.15, 0.2) is 5.78 Å². The average Bonchev–Trinajstić information content (AvgIpc) is 2.84. The average molecular weight is 397 g/mol. The number of anilines is 2. The Kier molecular flexibility index (Phi) is 4.85. The predicted octanol–water partition coefficient (Wildman–Crippen LogP) is 4.57. The van der Waals surface area contributed by atoms with E-state index < -0.39 is 17.9 Å². The van der Waals surface area contributed by atoms with E-state index in [0.29, 0.717) is 17.0 Å². The zero-order chi connectivity index (χ0) is 19.8. The minimum atomic E-state index is -0.810. The summed E-state index contributed by atoms with van der Waals surface area (Å²) in [6.07, 6.45) is 0.577. The third kappa shape index (κ3) is 3.16. The Bertz CT molecular complexity index is 985. The number of fused-ring (bicyclic) bond motifs is 1. The van der Waals surface area contributed by atoms with E-state index in [1.54, 1.807) is 6.07 Å². The molecule has 0 amide bonds. The van der Waals surface area contributed by atoms with Crippen molar-refractivity contribution in [3.63, 3.8) is 0 Å². The van der Waals surface area contributed by atoms with Gasteiger partial charge in [-0.3, -0.25) is 9.59 Å². The zero-order valence-corrected chi connectivity index (χ0v) is 16.4. The van der Waals surface area contributed by atoms with Gasteiger partial charge in [-0.15, -0.1) is 0 Å². The lowest BCUT2D eigenvalue weighted by atomic mass is 9.75. The van der Waals surface area contributed by atoms with Gasteiger partial charge in [0, 0.05) is 16.3 Å². The molecule has 0 unspecified atom stereocenters. The number of carbonyl (C=O) groups is 2. The number of ketones is 1. The maximum absolute atomic E-state index is 13.5. The number of nitrogens with one attached hydrogen (secondary N) is 2. The lowest BCUT2D eigenvalue weighted by Crippen LogP contribution is -2.39. The summed E-state index contributed by atoms with van der Waals surface area (Å²) in [4.78, 5) is 25.8. The van der Waals surface area contributed by atoms with Gasteiger partial charge in [-0.25, -0.2) is 0 Å². The summed E-state index contributed by atoms with van der Waals surface area (Å²) in [5, 5.41) is 7.49. The molecular weight excluding hydrogens is 376 g/mol. The Labute approximate surface area is 168 Å². The van der Waals surface area contributed by atoms with Crippen LogP contribution in [-0.4, -0.2) is 18.9 Å². The number of carbonyl (C=O) groups excluding carboxylic acids is 2. The number of benzene rings is 2. The highest BCUT2D eigenvalue weighted by Crippen LogP contribution is 2.43. The molecule has 0 saturated heterocycles. The maximum Gasteiger partial charge on any atom is 0.316 e. The van der Waals surface area contributed by atoms with Crippen molar-refractivity contribution in [3.8, 4) is 0 Å². The number of halogens is 1. The number of Topliss-reactive ketones (excluding diaryl/α,β-unsaturated/α-hetero) is 1. The van der Waals surface area contributed by atoms with E-state index in [1.165, 1.54) is 7.11 Å². The number of hydrogen-bond donors (Lipinski definition) is 2. The monoisotopic (exact) mass is 396 g/mol. The van der Waals surface area contributed by atoms with E-state index in [1.807, 2.05) is 49.4 Å². The third-order valence-corrected chi connectivity index (χ3v) is 5.64. The summed E-state index contributed by atoms with van der Waals surface area (Å²) in [5.41, 5.74) is 4.05. The molecule has 0 spiro atoms. The van der Waals surface area contributed by atoms with E-state index in [4.69, 9.17) is 16.3 Å². The number of methoxy groups -OCH3 is 1. The van der Waals surface area contributed by atoms with E-state index in [0.717, 1.165) is 22.6 Å². The largest absolute Gasteiger partial charge is 0.468 e. The first-order valence-corrected chi connectivity index (χ1v) is 9.60. The van der Waals surface area contributed by atoms with Crippen LogP contribution in [0.2, 0.25) is 5.02 Å². The van der Waals surface area contributed by atoms with Crippen molar-refractivity contribution in [3.05, 3.63) is 70.4 Å². The molecule has 1 aliphatic heterocycles. The summed E-state index contributed by atoms with van der Waals surface area (Å²) in [7, 11) is 1.32. The summed E-state index contributed by atoms with van der Waals surface area (Å²) >= 11 is 6.22. The van der Waals surface area contributed by atoms with Crippen molar-refractivity contribution in [1.29, 1.82) is 0 Å². The highest BCUT2D eigenvalue weighted by molar-refractivity contribution is 6.30. The highest BCUT2D eigenvalue weighted by atomic mass is 35.5. The molecule has 28 heavy (non-hydrogen) atoms. The quantitative estimate of drug-likeness (QED) is 0.575. The Morgan fingerprint density at radius 3 is 2.61 bits per heavy atom. The first kappa shape index (κ1) is 18.6. The molecule has 0 aromatic heterocycles. The maximum atomic E-state index is 13.5. The van der Waals surface area contributed by atoms with Crippen molar-refractivity contribution in [2.75, 3.05) is 17.7 Å². The molecule has 2 aromatic carbocycles. The van der Waals surface area contributed by atoms with Gasteiger partial charge in [-0.05, 0) is 42.2 Å². The minimum absolute atomic E-state index is 0.156. The SMILES string of the molecule is COC(=O)[C@H]1C(=O)C2=C(C[C@@H]1C)Nc1ccccc1N[C@H]2c1cccc(Cl)c1. The summed E-state index contributed by atoms with van der Waals surface area (Å²) < 4.78 is 4.92. The van der Waals surface area contributed by atoms with Crippen LogP contribution in [0.15, 0.2) is 59.8 Å². The van der Waals surface area contributed by atoms with Crippen LogP contribution in [0.3, 0.4) is 0 Å². The van der Waals surface area contributed by atoms with Crippen molar-refractivity contribution in [2.24, 2.45) is 11.8 Å². The number of hydrogen-bond acceptors (Lipinski definition) is 5.